The Morgan fingerprint density at radius 2 is 2.13 bits per heavy atom. The largest absolute Gasteiger partial charge is 0.472 e. The van der Waals surface area contributed by atoms with E-state index in [0.717, 1.165) is 0 Å². The van der Waals surface area contributed by atoms with Crippen LogP contribution >= 0.6 is 0 Å². The van der Waals surface area contributed by atoms with Crippen molar-refractivity contribution in [3.63, 3.8) is 0 Å². The smallest absolute Gasteiger partial charge is 0.258 e. The first-order valence-electron chi connectivity index (χ1n) is 6.85. The summed E-state index contributed by atoms with van der Waals surface area (Å²) in [5.41, 5.74) is 1.44. The molecule has 0 spiro atoms. The second-order valence-corrected chi connectivity index (χ2v) is 4.86. The molecule has 0 aliphatic heterocycles. The van der Waals surface area contributed by atoms with Gasteiger partial charge in [0.1, 0.15) is 17.8 Å². The molecule has 0 saturated carbocycles. The molecule has 3 aromatic rings. The van der Waals surface area contributed by atoms with Gasteiger partial charge in [0.25, 0.3) is 5.91 Å². The monoisotopic (exact) mass is 312 g/mol. The number of furan rings is 1. The van der Waals surface area contributed by atoms with Crippen LogP contribution in [0.5, 0.6) is 11.6 Å². The van der Waals surface area contributed by atoms with Gasteiger partial charge in [0.05, 0.1) is 23.7 Å². The molecule has 0 radical (unpaired) electrons. The van der Waals surface area contributed by atoms with E-state index >= 15 is 0 Å². The molecule has 116 valence electrons. The van der Waals surface area contributed by atoms with Gasteiger partial charge in [-0.2, -0.15) is 0 Å². The van der Waals surface area contributed by atoms with Crippen LogP contribution < -0.4 is 10.1 Å². The summed E-state index contributed by atoms with van der Waals surface area (Å²) >= 11 is 0. The molecule has 1 N–H and O–H groups in total. The Morgan fingerprint density at radius 3 is 2.78 bits per heavy atom. The summed E-state index contributed by atoms with van der Waals surface area (Å²) in [6, 6.07) is 9.30. The van der Waals surface area contributed by atoms with Crippen molar-refractivity contribution in [2.75, 3.05) is 5.32 Å². The fourth-order valence-corrected chi connectivity index (χ4v) is 1.91. The molecule has 3 rings (SSSR count). The lowest BCUT2D eigenvalue weighted by atomic mass is 10.2. The predicted molar refractivity (Wildman–Crippen MR) is 82.1 cm³/mol. The van der Waals surface area contributed by atoms with Gasteiger partial charge >= 0.3 is 0 Å². The highest BCUT2D eigenvalue weighted by molar-refractivity contribution is 6.03. The summed E-state index contributed by atoms with van der Waals surface area (Å²) in [5, 5.41) is 2.69. The average molecular weight is 312 g/mol. The first-order chi connectivity index (χ1) is 11.1. The molecule has 0 aliphatic carbocycles. The number of aryl methyl sites for hydroxylation is 1. The molecular weight excluding hydrogens is 299 g/mol. The van der Waals surface area contributed by atoms with Crippen LogP contribution in [0.15, 0.2) is 59.5 Å². The van der Waals surface area contributed by atoms with Crippen molar-refractivity contribution in [3.05, 3.63) is 72.1 Å². The lowest BCUT2D eigenvalue weighted by molar-refractivity contribution is 0.102. The highest BCUT2D eigenvalue weighted by Crippen LogP contribution is 2.22. The van der Waals surface area contributed by atoms with Crippen molar-refractivity contribution in [1.29, 1.82) is 0 Å². The van der Waals surface area contributed by atoms with Crippen LogP contribution in [0.25, 0.3) is 0 Å². The van der Waals surface area contributed by atoms with Gasteiger partial charge in [-0.3, -0.25) is 4.79 Å². The van der Waals surface area contributed by atoms with Gasteiger partial charge < -0.3 is 14.5 Å². The minimum atomic E-state index is -0.289. The molecule has 23 heavy (non-hydrogen) atoms. The molecule has 1 aromatic carbocycles. The average Bonchev–Trinajstić information content (AvgIpc) is 3.07. The highest BCUT2D eigenvalue weighted by atomic mass is 19.1. The molecule has 2 aromatic heterocycles. The zero-order chi connectivity index (χ0) is 16.2. The van der Waals surface area contributed by atoms with E-state index in [-0.39, 0.29) is 11.7 Å². The standard InChI is InChI=1S/C17H13FN2O3/c1-11-8-14(3-4-15(11)18)23-16-5-2-13(9-19-16)20-17(21)12-6-7-22-10-12/h2-10H,1H3,(H,20,21). The van der Waals surface area contributed by atoms with Gasteiger partial charge in [0.2, 0.25) is 5.88 Å². The van der Waals surface area contributed by atoms with Crippen LogP contribution in [-0.2, 0) is 0 Å². The first-order valence-corrected chi connectivity index (χ1v) is 6.85. The molecule has 1 amide bonds. The van der Waals surface area contributed by atoms with E-state index < -0.39 is 0 Å². The maximum atomic E-state index is 13.2. The predicted octanol–water partition coefficient (Wildman–Crippen LogP) is 4.17. The van der Waals surface area contributed by atoms with E-state index in [1.807, 2.05) is 0 Å². The van der Waals surface area contributed by atoms with Crippen molar-refractivity contribution in [3.8, 4) is 11.6 Å². The summed E-state index contributed by atoms with van der Waals surface area (Å²) in [7, 11) is 0. The zero-order valence-electron chi connectivity index (χ0n) is 12.2. The maximum Gasteiger partial charge on any atom is 0.258 e. The van der Waals surface area contributed by atoms with Gasteiger partial charge in [0.15, 0.2) is 0 Å². The minimum absolute atomic E-state index is 0.289. The Bertz CT molecular complexity index is 814. The number of pyridine rings is 1. The van der Waals surface area contributed by atoms with E-state index in [9.17, 15) is 9.18 Å². The number of halogens is 1. The second-order valence-electron chi connectivity index (χ2n) is 4.86. The molecular formula is C17H13FN2O3. The zero-order valence-corrected chi connectivity index (χ0v) is 12.2. The fourth-order valence-electron chi connectivity index (χ4n) is 1.91. The van der Waals surface area contributed by atoms with Gasteiger partial charge in [-0.25, -0.2) is 9.37 Å². The number of anilines is 1. The third kappa shape index (κ3) is 3.55. The number of hydrogen-bond acceptors (Lipinski definition) is 4. The molecule has 0 fully saturated rings. The number of hydrogen-bond donors (Lipinski definition) is 1. The number of nitrogens with zero attached hydrogens (tertiary/aromatic N) is 1. The van der Waals surface area contributed by atoms with Crippen LogP contribution in [0.4, 0.5) is 10.1 Å². The molecule has 0 aliphatic rings. The quantitative estimate of drug-likeness (QED) is 0.785. The minimum Gasteiger partial charge on any atom is -0.472 e. The Hall–Kier alpha value is -3.15. The number of carbonyl (C=O) groups is 1. The Balaban J connectivity index is 1.67. The van der Waals surface area contributed by atoms with Crippen molar-refractivity contribution in [2.45, 2.75) is 6.92 Å². The Morgan fingerprint density at radius 1 is 1.26 bits per heavy atom. The summed E-state index contributed by atoms with van der Waals surface area (Å²) in [4.78, 5) is 16.0. The number of benzene rings is 1. The van der Waals surface area contributed by atoms with Crippen LogP contribution in [0.3, 0.4) is 0 Å². The molecule has 0 bridgehead atoms. The van der Waals surface area contributed by atoms with E-state index in [1.54, 1.807) is 31.2 Å². The van der Waals surface area contributed by atoms with Crippen LogP contribution in [-0.4, -0.2) is 10.9 Å². The van der Waals surface area contributed by atoms with Crippen molar-refractivity contribution in [1.82, 2.24) is 4.98 Å². The lowest BCUT2D eigenvalue weighted by Crippen LogP contribution is -2.10. The van der Waals surface area contributed by atoms with Gasteiger partial charge in [0, 0.05) is 6.07 Å². The Labute approximate surface area is 131 Å². The van der Waals surface area contributed by atoms with E-state index in [2.05, 4.69) is 10.3 Å². The summed E-state index contributed by atoms with van der Waals surface area (Å²) < 4.78 is 23.6. The molecule has 0 unspecified atom stereocenters. The molecule has 2 heterocycles. The number of aromatic nitrogens is 1. The maximum absolute atomic E-state index is 13.2. The van der Waals surface area contributed by atoms with Crippen LogP contribution in [0.1, 0.15) is 15.9 Å². The van der Waals surface area contributed by atoms with E-state index in [4.69, 9.17) is 9.15 Å². The van der Waals surface area contributed by atoms with Crippen molar-refractivity contribution >= 4 is 11.6 Å². The van der Waals surface area contributed by atoms with Gasteiger partial charge in [-0.1, -0.05) is 0 Å². The highest BCUT2D eigenvalue weighted by Gasteiger charge is 2.08. The number of carbonyl (C=O) groups excluding carboxylic acids is 1. The number of rotatable bonds is 4. The topological polar surface area (TPSA) is 64.4 Å². The van der Waals surface area contributed by atoms with Gasteiger partial charge in [-0.15, -0.1) is 0 Å². The molecule has 5 nitrogen and oxygen atoms in total. The van der Waals surface area contributed by atoms with Gasteiger partial charge in [-0.05, 0) is 42.8 Å². The van der Waals surface area contributed by atoms with E-state index in [1.165, 1.54) is 30.9 Å². The number of nitrogens with one attached hydrogen (secondary N) is 1. The van der Waals surface area contributed by atoms with Crippen LogP contribution in [0.2, 0.25) is 0 Å². The summed E-state index contributed by atoms with van der Waals surface area (Å²) in [6.07, 6.45) is 4.26. The van der Waals surface area contributed by atoms with E-state index in [0.29, 0.717) is 28.4 Å². The number of ether oxygens (including phenoxy) is 1. The normalized spacial score (nSPS) is 10.3. The second kappa shape index (κ2) is 6.31. The fraction of sp³-hybridized carbons (Fsp3) is 0.0588. The van der Waals surface area contributed by atoms with Crippen LogP contribution in [0, 0.1) is 12.7 Å². The molecule has 6 heteroatoms. The molecule has 0 atom stereocenters. The SMILES string of the molecule is Cc1cc(Oc2ccc(NC(=O)c3ccoc3)cn2)ccc1F. The third-order valence-corrected chi connectivity index (χ3v) is 3.13. The number of amides is 1. The third-order valence-electron chi connectivity index (χ3n) is 3.13. The summed E-state index contributed by atoms with van der Waals surface area (Å²) in [6.45, 7) is 1.66. The first kappa shape index (κ1) is 14.8. The van der Waals surface area contributed by atoms with Crippen molar-refractivity contribution < 1.29 is 18.3 Å². The van der Waals surface area contributed by atoms with Crippen molar-refractivity contribution in [2.24, 2.45) is 0 Å². The molecule has 0 saturated heterocycles. The lowest BCUT2D eigenvalue weighted by Gasteiger charge is -2.07. The summed E-state index contributed by atoms with van der Waals surface area (Å²) in [5.74, 6) is 0.259. The Kier molecular flexibility index (Phi) is 4.05.